The first-order valence-electron chi connectivity index (χ1n) is 5.14. The third-order valence-corrected chi connectivity index (χ3v) is 1.71. The fraction of sp³-hybridized carbons (Fsp3) is 0.700. The van der Waals surface area contributed by atoms with Crippen LogP contribution in [0.2, 0.25) is 0 Å². The van der Waals surface area contributed by atoms with E-state index in [9.17, 15) is 9.90 Å². The zero-order chi connectivity index (χ0) is 11.5. The predicted molar refractivity (Wildman–Crippen MR) is 58.1 cm³/mol. The maximum absolute atomic E-state index is 10.7. The molecule has 0 aliphatic heterocycles. The van der Waals surface area contributed by atoms with Gasteiger partial charge in [-0.25, -0.2) is 0 Å². The molecule has 0 heterocycles. The molecule has 0 aromatic heterocycles. The number of amides is 1. The van der Waals surface area contributed by atoms with E-state index >= 15 is 0 Å². The van der Waals surface area contributed by atoms with Crippen LogP contribution >= 0.6 is 0 Å². The van der Waals surface area contributed by atoms with E-state index in [0.717, 1.165) is 19.4 Å². The fourth-order valence-corrected chi connectivity index (χ4v) is 0.878. The first kappa shape index (κ1) is 14.1. The quantitative estimate of drug-likeness (QED) is 0.287. The molecular formula is C10H20N2O3. The van der Waals surface area contributed by atoms with Crippen molar-refractivity contribution in [1.82, 2.24) is 10.6 Å². The normalized spacial score (nSPS) is 12.1. The molecule has 0 rings (SSSR count). The van der Waals surface area contributed by atoms with E-state index < -0.39 is 6.41 Å². The monoisotopic (exact) mass is 216 g/mol. The highest BCUT2D eigenvalue weighted by molar-refractivity contribution is 5.86. The first-order valence-corrected chi connectivity index (χ1v) is 5.14. The molecule has 0 saturated carbocycles. The molecule has 5 nitrogen and oxygen atoms in total. The molecule has 1 unspecified atom stereocenters. The number of rotatable bonds is 9. The largest absolute Gasteiger partial charge is 0.356 e. The molecule has 0 aromatic carbocycles. The van der Waals surface area contributed by atoms with Crippen LogP contribution in [0.3, 0.4) is 0 Å². The number of aliphatic hydroxyl groups is 1. The Balaban J connectivity index is 3.26. The zero-order valence-electron chi connectivity index (χ0n) is 9.16. The number of carbonyl (C=O) groups excluding carboxylic acids is 1. The summed E-state index contributed by atoms with van der Waals surface area (Å²) in [6.45, 7) is 6.72. The molecule has 0 aromatic rings. The molecule has 1 amide bonds. The van der Waals surface area contributed by atoms with E-state index in [1.165, 1.54) is 6.08 Å². The van der Waals surface area contributed by atoms with E-state index in [1.54, 1.807) is 0 Å². The lowest BCUT2D eigenvalue weighted by Gasteiger charge is -2.13. The van der Waals surface area contributed by atoms with Crippen molar-refractivity contribution in [1.29, 1.82) is 0 Å². The maximum atomic E-state index is 10.7. The Morgan fingerprint density at radius 1 is 1.60 bits per heavy atom. The van der Waals surface area contributed by atoms with Gasteiger partial charge in [-0.3, -0.25) is 10.1 Å². The van der Waals surface area contributed by atoms with Crippen LogP contribution in [0.5, 0.6) is 0 Å². The van der Waals surface area contributed by atoms with Crippen molar-refractivity contribution in [3.05, 3.63) is 12.7 Å². The predicted octanol–water partition coefficient (Wildman–Crippen LogP) is -0.0292. The SMILES string of the molecule is C=CC(=O)NCCOC(O)NCCCC. The summed E-state index contributed by atoms with van der Waals surface area (Å²) >= 11 is 0. The second-order valence-electron chi connectivity index (χ2n) is 3.03. The van der Waals surface area contributed by atoms with E-state index in [2.05, 4.69) is 24.1 Å². The van der Waals surface area contributed by atoms with E-state index in [0.29, 0.717) is 6.54 Å². The number of aliphatic hydroxyl groups excluding tert-OH is 1. The molecule has 0 saturated heterocycles. The van der Waals surface area contributed by atoms with Gasteiger partial charge in [0.2, 0.25) is 12.3 Å². The summed E-state index contributed by atoms with van der Waals surface area (Å²) in [5, 5.41) is 14.6. The smallest absolute Gasteiger partial charge is 0.243 e. The summed E-state index contributed by atoms with van der Waals surface area (Å²) in [6, 6.07) is 0. The van der Waals surface area contributed by atoms with E-state index in [-0.39, 0.29) is 12.5 Å². The Kier molecular flexibility index (Phi) is 9.05. The second kappa shape index (κ2) is 9.64. The summed E-state index contributed by atoms with van der Waals surface area (Å²) in [7, 11) is 0. The third-order valence-electron chi connectivity index (χ3n) is 1.71. The van der Waals surface area contributed by atoms with Gasteiger partial charge in [-0.15, -0.1) is 0 Å². The van der Waals surface area contributed by atoms with E-state index in [1.807, 2.05) is 0 Å². The molecule has 0 aliphatic rings. The Hall–Kier alpha value is -0.910. The fourth-order valence-electron chi connectivity index (χ4n) is 0.878. The third kappa shape index (κ3) is 9.40. The van der Waals surface area contributed by atoms with Gasteiger partial charge in [0, 0.05) is 6.54 Å². The van der Waals surface area contributed by atoms with Crippen molar-refractivity contribution < 1.29 is 14.6 Å². The van der Waals surface area contributed by atoms with Crippen LogP contribution in [0.25, 0.3) is 0 Å². The average Bonchev–Trinajstić information content (AvgIpc) is 2.24. The van der Waals surface area contributed by atoms with Crippen LogP contribution in [0.4, 0.5) is 0 Å². The Labute approximate surface area is 90.5 Å². The van der Waals surface area contributed by atoms with Gasteiger partial charge in [0.05, 0.1) is 6.61 Å². The molecule has 0 fully saturated rings. The van der Waals surface area contributed by atoms with Crippen LogP contribution in [0.1, 0.15) is 19.8 Å². The number of ether oxygens (including phenoxy) is 1. The minimum absolute atomic E-state index is 0.243. The highest BCUT2D eigenvalue weighted by Crippen LogP contribution is 1.86. The standard InChI is InChI=1S/C10H20N2O3/c1-3-5-6-12-10(14)15-8-7-11-9(13)4-2/h4,10,12,14H,2-3,5-8H2,1H3,(H,11,13). The van der Waals surface area contributed by atoms with Gasteiger partial charge in [-0.05, 0) is 19.0 Å². The molecule has 0 bridgehead atoms. The van der Waals surface area contributed by atoms with Crippen LogP contribution < -0.4 is 10.6 Å². The van der Waals surface area contributed by atoms with Crippen LogP contribution in [0, 0.1) is 0 Å². The Morgan fingerprint density at radius 2 is 2.33 bits per heavy atom. The molecule has 0 spiro atoms. The van der Waals surface area contributed by atoms with Crippen molar-refractivity contribution in [2.45, 2.75) is 26.2 Å². The van der Waals surface area contributed by atoms with Crippen molar-refractivity contribution in [3.63, 3.8) is 0 Å². The second-order valence-corrected chi connectivity index (χ2v) is 3.03. The van der Waals surface area contributed by atoms with Gasteiger partial charge in [0.1, 0.15) is 0 Å². The summed E-state index contributed by atoms with van der Waals surface area (Å²) in [6.07, 6.45) is 2.29. The number of unbranched alkanes of at least 4 members (excludes halogenated alkanes) is 1. The lowest BCUT2D eigenvalue weighted by atomic mass is 10.3. The number of carbonyl (C=O) groups is 1. The number of nitrogens with one attached hydrogen (secondary N) is 2. The number of hydrogen-bond acceptors (Lipinski definition) is 4. The molecule has 88 valence electrons. The Morgan fingerprint density at radius 3 is 2.93 bits per heavy atom. The summed E-state index contributed by atoms with van der Waals surface area (Å²) in [5.74, 6) is -0.243. The minimum atomic E-state index is -0.961. The van der Waals surface area contributed by atoms with Gasteiger partial charge >= 0.3 is 0 Å². The molecule has 5 heteroatoms. The van der Waals surface area contributed by atoms with Crippen molar-refractivity contribution in [2.75, 3.05) is 19.7 Å². The van der Waals surface area contributed by atoms with E-state index in [4.69, 9.17) is 4.74 Å². The van der Waals surface area contributed by atoms with Gasteiger partial charge in [0.15, 0.2) is 0 Å². The summed E-state index contributed by atoms with van der Waals surface area (Å²) in [5.41, 5.74) is 0. The van der Waals surface area contributed by atoms with Crippen molar-refractivity contribution >= 4 is 5.91 Å². The lowest BCUT2D eigenvalue weighted by molar-refractivity contribution is -0.124. The molecule has 15 heavy (non-hydrogen) atoms. The molecule has 0 aliphatic carbocycles. The van der Waals surface area contributed by atoms with Gasteiger partial charge in [0.25, 0.3) is 0 Å². The highest BCUT2D eigenvalue weighted by Gasteiger charge is 2.01. The van der Waals surface area contributed by atoms with Crippen molar-refractivity contribution in [2.24, 2.45) is 0 Å². The highest BCUT2D eigenvalue weighted by atomic mass is 16.6. The first-order chi connectivity index (χ1) is 7.20. The summed E-state index contributed by atoms with van der Waals surface area (Å²) in [4.78, 5) is 10.7. The molecule has 3 N–H and O–H groups in total. The molecule has 1 atom stereocenters. The maximum Gasteiger partial charge on any atom is 0.243 e. The van der Waals surface area contributed by atoms with Crippen LogP contribution in [0.15, 0.2) is 12.7 Å². The van der Waals surface area contributed by atoms with Gasteiger partial charge < -0.3 is 15.2 Å². The van der Waals surface area contributed by atoms with Crippen molar-refractivity contribution in [3.8, 4) is 0 Å². The van der Waals surface area contributed by atoms with Gasteiger partial charge in [-0.2, -0.15) is 0 Å². The van der Waals surface area contributed by atoms with Gasteiger partial charge in [-0.1, -0.05) is 19.9 Å². The topological polar surface area (TPSA) is 70.6 Å². The minimum Gasteiger partial charge on any atom is -0.356 e. The average molecular weight is 216 g/mol. The van der Waals surface area contributed by atoms with Crippen LogP contribution in [-0.4, -0.2) is 37.1 Å². The number of hydrogen-bond donors (Lipinski definition) is 3. The molecular weight excluding hydrogens is 196 g/mol. The zero-order valence-corrected chi connectivity index (χ0v) is 9.16. The van der Waals surface area contributed by atoms with Crippen LogP contribution in [-0.2, 0) is 9.53 Å². The summed E-state index contributed by atoms with van der Waals surface area (Å²) < 4.78 is 4.98. The lowest BCUT2D eigenvalue weighted by Crippen LogP contribution is -2.35. The Bertz CT molecular complexity index is 186. The molecule has 0 radical (unpaired) electrons.